The normalized spacial score (nSPS) is 19.2. The number of rotatable bonds is 4. The molecule has 0 aromatic carbocycles. The van der Waals surface area contributed by atoms with E-state index in [4.69, 9.17) is 4.74 Å². The smallest absolute Gasteiger partial charge is 0.219 e. The van der Waals surface area contributed by atoms with Gasteiger partial charge in [-0.3, -0.25) is 9.78 Å². The second kappa shape index (κ2) is 5.77. The van der Waals surface area contributed by atoms with Crippen LogP contribution in [0.3, 0.4) is 0 Å². The quantitative estimate of drug-likeness (QED) is 0.792. The van der Waals surface area contributed by atoms with Crippen molar-refractivity contribution in [1.82, 2.24) is 9.88 Å². The van der Waals surface area contributed by atoms with E-state index in [0.29, 0.717) is 12.5 Å². The van der Waals surface area contributed by atoms with Gasteiger partial charge in [-0.2, -0.15) is 0 Å². The van der Waals surface area contributed by atoms with Gasteiger partial charge in [-0.15, -0.1) is 0 Å². The third-order valence-corrected chi connectivity index (χ3v) is 3.03. The van der Waals surface area contributed by atoms with Crippen LogP contribution in [0.25, 0.3) is 0 Å². The number of nitrogens with zero attached hydrogens (tertiary/aromatic N) is 2. The van der Waals surface area contributed by atoms with Gasteiger partial charge in [-0.25, -0.2) is 0 Å². The lowest BCUT2D eigenvalue weighted by molar-refractivity contribution is -0.130. The van der Waals surface area contributed by atoms with Crippen LogP contribution in [0.15, 0.2) is 24.4 Å². The first kappa shape index (κ1) is 12.0. The molecule has 1 aromatic heterocycles. The topological polar surface area (TPSA) is 42.4 Å². The van der Waals surface area contributed by atoms with Crippen LogP contribution < -0.4 is 0 Å². The fourth-order valence-corrected chi connectivity index (χ4v) is 2.03. The number of hydrogen-bond donors (Lipinski definition) is 0. The summed E-state index contributed by atoms with van der Waals surface area (Å²) >= 11 is 0. The molecule has 0 saturated carbocycles. The molecule has 1 saturated heterocycles. The SMILES string of the molecule is CC(=O)N(Cc1ccccn1)CC1CCOC1. The van der Waals surface area contributed by atoms with Gasteiger partial charge in [0.25, 0.3) is 0 Å². The van der Waals surface area contributed by atoms with Crippen LogP contribution in [-0.4, -0.2) is 35.5 Å². The molecule has 17 heavy (non-hydrogen) atoms. The average Bonchev–Trinajstić information content (AvgIpc) is 2.82. The van der Waals surface area contributed by atoms with Crippen molar-refractivity contribution >= 4 is 5.91 Å². The lowest BCUT2D eigenvalue weighted by Crippen LogP contribution is -2.33. The van der Waals surface area contributed by atoms with Crippen molar-refractivity contribution in [2.45, 2.75) is 19.9 Å². The third-order valence-electron chi connectivity index (χ3n) is 3.03. The van der Waals surface area contributed by atoms with E-state index in [2.05, 4.69) is 4.98 Å². The van der Waals surface area contributed by atoms with Crippen molar-refractivity contribution in [2.24, 2.45) is 5.92 Å². The van der Waals surface area contributed by atoms with Gasteiger partial charge in [-0.05, 0) is 18.6 Å². The molecule has 1 aliphatic heterocycles. The predicted molar refractivity (Wildman–Crippen MR) is 64.3 cm³/mol. The minimum atomic E-state index is 0.0996. The molecular formula is C13H18N2O2. The number of amides is 1. The molecule has 1 aromatic rings. The van der Waals surface area contributed by atoms with Crippen molar-refractivity contribution in [3.05, 3.63) is 30.1 Å². The fourth-order valence-electron chi connectivity index (χ4n) is 2.03. The first-order valence-corrected chi connectivity index (χ1v) is 5.99. The van der Waals surface area contributed by atoms with E-state index in [1.54, 1.807) is 13.1 Å². The van der Waals surface area contributed by atoms with Crippen LogP contribution in [0.2, 0.25) is 0 Å². The highest BCUT2D eigenvalue weighted by Gasteiger charge is 2.20. The zero-order valence-corrected chi connectivity index (χ0v) is 10.1. The molecule has 0 bridgehead atoms. The van der Waals surface area contributed by atoms with Crippen molar-refractivity contribution in [1.29, 1.82) is 0 Å². The molecule has 92 valence electrons. The minimum Gasteiger partial charge on any atom is -0.381 e. The maximum absolute atomic E-state index is 11.6. The summed E-state index contributed by atoms with van der Waals surface area (Å²) < 4.78 is 5.33. The van der Waals surface area contributed by atoms with Gasteiger partial charge < -0.3 is 9.64 Å². The third kappa shape index (κ3) is 3.53. The number of carbonyl (C=O) groups excluding carboxylic acids is 1. The van der Waals surface area contributed by atoms with Gasteiger partial charge in [0.05, 0.1) is 18.8 Å². The van der Waals surface area contributed by atoms with Gasteiger partial charge in [-0.1, -0.05) is 6.07 Å². The molecule has 0 N–H and O–H groups in total. The predicted octanol–water partition coefficient (Wildman–Crippen LogP) is 1.47. The maximum Gasteiger partial charge on any atom is 0.219 e. The Labute approximate surface area is 102 Å². The molecule has 1 unspecified atom stereocenters. The van der Waals surface area contributed by atoms with E-state index < -0.39 is 0 Å². The molecule has 1 amide bonds. The Morgan fingerprint density at radius 1 is 1.59 bits per heavy atom. The number of ether oxygens (including phenoxy) is 1. The van der Waals surface area contributed by atoms with E-state index >= 15 is 0 Å². The van der Waals surface area contributed by atoms with Crippen LogP contribution in [0.1, 0.15) is 19.0 Å². The van der Waals surface area contributed by atoms with Gasteiger partial charge in [0.15, 0.2) is 0 Å². The van der Waals surface area contributed by atoms with E-state index in [1.807, 2.05) is 23.1 Å². The zero-order valence-electron chi connectivity index (χ0n) is 10.1. The summed E-state index contributed by atoms with van der Waals surface area (Å²) in [5.74, 6) is 0.574. The van der Waals surface area contributed by atoms with Crippen LogP contribution >= 0.6 is 0 Å². The van der Waals surface area contributed by atoms with Crippen LogP contribution in [-0.2, 0) is 16.1 Å². The summed E-state index contributed by atoms with van der Waals surface area (Å²) in [6.07, 6.45) is 2.80. The highest BCUT2D eigenvalue weighted by molar-refractivity contribution is 5.73. The van der Waals surface area contributed by atoms with Gasteiger partial charge >= 0.3 is 0 Å². The van der Waals surface area contributed by atoms with Crippen LogP contribution in [0, 0.1) is 5.92 Å². The molecule has 4 nitrogen and oxygen atoms in total. The van der Waals surface area contributed by atoms with Crippen molar-refractivity contribution in [3.63, 3.8) is 0 Å². The minimum absolute atomic E-state index is 0.0996. The molecule has 0 radical (unpaired) electrons. The molecular weight excluding hydrogens is 216 g/mol. The van der Waals surface area contributed by atoms with E-state index in [1.165, 1.54) is 0 Å². The summed E-state index contributed by atoms with van der Waals surface area (Å²) in [6.45, 7) is 4.56. The van der Waals surface area contributed by atoms with E-state index in [9.17, 15) is 4.79 Å². The molecule has 4 heteroatoms. The lowest BCUT2D eigenvalue weighted by Gasteiger charge is -2.23. The van der Waals surface area contributed by atoms with E-state index in [0.717, 1.165) is 31.9 Å². The lowest BCUT2D eigenvalue weighted by atomic mass is 10.1. The average molecular weight is 234 g/mol. The Kier molecular flexibility index (Phi) is 4.09. The van der Waals surface area contributed by atoms with Gasteiger partial charge in [0.2, 0.25) is 5.91 Å². The molecule has 2 rings (SSSR count). The Morgan fingerprint density at radius 2 is 2.47 bits per heavy atom. The van der Waals surface area contributed by atoms with Gasteiger partial charge in [0.1, 0.15) is 0 Å². The maximum atomic E-state index is 11.6. The number of aromatic nitrogens is 1. The van der Waals surface area contributed by atoms with Gasteiger partial charge in [0, 0.05) is 32.2 Å². The molecule has 1 atom stereocenters. The highest BCUT2D eigenvalue weighted by Crippen LogP contribution is 2.15. The highest BCUT2D eigenvalue weighted by atomic mass is 16.5. The summed E-state index contributed by atoms with van der Waals surface area (Å²) in [5.41, 5.74) is 0.932. The van der Waals surface area contributed by atoms with Crippen molar-refractivity contribution in [3.8, 4) is 0 Å². The standard InChI is InChI=1S/C13H18N2O2/c1-11(16)15(8-12-5-7-17-10-12)9-13-4-2-3-6-14-13/h2-4,6,12H,5,7-10H2,1H3. The summed E-state index contributed by atoms with van der Waals surface area (Å²) in [7, 11) is 0. The van der Waals surface area contributed by atoms with Crippen LogP contribution in [0.4, 0.5) is 0 Å². The Hall–Kier alpha value is -1.42. The number of carbonyl (C=O) groups is 1. The second-order valence-electron chi connectivity index (χ2n) is 4.45. The first-order chi connectivity index (χ1) is 8.25. The largest absolute Gasteiger partial charge is 0.381 e. The van der Waals surface area contributed by atoms with E-state index in [-0.39, 0.29) is 5.91 Å². The molecule has 1 fully saturated rings. The molecule has 0 aliphatic carbocycles. The Balaban J connectivity index is 1.95. The van der Waals surface area contributed by atoms with Crippen molar-refractivity contribution in [2.75, 3.05) is 19.8 Å². The Morgan fingerprint density at radius 3 is 3.06 bits per heavy atom. The molecule has 0 spiro atoms. The number of pyridine rings is 1. The molecule has 1 aliphatic rings. The fraction of sp³-hybridized carbons (Fsp3) is 0.538. The summed E-state index contributed by atoms with van der Waals surface area (Å²) in [5, 5.41) is 0. The zero-order chi connectivity index (χ0) is 12.1. The van der Waals surface area contributed by atoms with Crippen LogP contribution in [0.5, 0.6) is 0 Å². The monoisotopic (exact) mass is 234 g/mol. The molecule has 2 heterocycles. The van der Waals surface area contributed by atoms with Crippen molar-refractivity contribution < 1.29 is 9.53 Å². The second-order valence-corrected chi connectivity index (χ2v) is 4.45. The Bertz CT molecular complexity index is 361. The summed E-state index contributed by atoms with van der Waals surface area (Å²) in [4.78, 5) is 17.7. The number of hydrogen-bond acceptors (Lipinski definition) is 3. The first-order valence-electron chi connectivity index (χ1n) is 5.99. The summed E-state index contributed by atoms with van der Waals surface area (Å²) in [6, 6.07) is 5.77.